The third kappa shape index (κ3) is 4.06. The SMILES string of the molecule is COc1ccc(CN2CCN(S(=O)(=O)c3ncn(C)c3Cl)CC2)cc1OC. The van der Waals surface area contributed by atoms with Crippen molar-refractivity contribution in [3.63, 3.8) is 0 Å². The van der Waals surface area contributed by atoms with Crippen LogP contribution in [0.1, 0.15) is 5.56 Å². The molecule has 0 bridgehead atoms. The second kappa shape index (κ2) is 8.05. The summed E-state index contributed by atoms with van der Waals surface area (Å²) in [6.45, 7) is 2.74. The maximum atomic E-state index is 12.8. The Morgan fingerprint density at radius 3 is 2.33 bits per heavy atom. The number of hydrogen-bond acceptors (Lipinski definition) is 6. The molecule has 0 spiro atoms. The molecular formula is C17H23ClN4O4S. The Balaban J connectivity index is 1.65. The number of methoxy groups -OCH3 is 2. The molecule has 1 aromatic heterocycles. The van der Waals surface area contributed by atoms with E-state index in [0.29, 0.717) is 44.2 Å². The van der Waals surface area contributed by atoms with Gasteiger partial charge >= 0.3 is 0 Å². The maximum absolute atomic E-state index is 12.8. The fraction of sp³-hybridized carbons (Fsp3) is 0.471. The lowest BCUT2D eigenvalue weighted by Crippen LogP contribution is -2.48. The Bertz CT molecular complexity index is 908. The summed E-state index contributed by atoms with van der Waals surface area (Å²) in [6.07, 6.45) is 1.41. The van der Waals surface area contributed by atoms with E-state index in [-0.39, 0.29) is 10.2 Å². The molecule has 3 rings (SSSR count). The van der Waals surface area contributed by atoms with E-state index in [1.54, 1.807) is 21.3 Å². The average Bonchev–Trinajstić information content (AvgIpc) is 3.01. The van der Waals surface area contributed by atoms with Gasteiger partial charge in [-0.1, -0.05) is 17.7 Å². The van der Waals surface area contributed by atoms with Crippen molar-refractivity contribution in [2.24, 2.45) is 7.05 Å². The fourth-order valence-electron chi connectivity index (χ4n) is 3.05. The first-order valence-electron chi connectivity index (χ1n) is 8.47. The zero-order valence-electron chi connectivity index (χ0n) is 15.6. The molecule has 27 heavy (non-hydrogen) atoms. The third-order valence-electron chi connectivity index (χ3n) is 4.60. The van der Waals surface area contributed by atoms with Gasteiger partial charge in [0.05, 0.1) is 20.5 Å². The number of imidazole rings is 1. The molecule has 1 fully saturated rings. The van der Waals surface area contributed by atoms with Crippen LogP contribution in [0.2, 0.25) is 5.15 Å². The predicted molar refractivity (Wildman–Crippen MR) is 102 cm³/mol. The van der Waals surface area contributed by atoms with Gasteiger partial charge in [-0.05, 0) is 17.7 Å². The van der Waals surface area contributed by atoms with Gasteiger partial charge in [-0.2, -0.15) is 4.31 Å². The summed E-state index contributed by atoms with van der Waals surface area (Å²) in [6, 6.07) is 5.80. The van der Waals surface area contributed by atoms with E-state index in [2.05, 4.69) is 9.88 Å². The van der Waals surface area contributed by atoms with Crippen molar-refractivity contribution in [2.45, 2.75) is 11.6 Å². The highest BCUT2D eigenvalue weighted by atomic mass is 35.5. The molecule has 148 valence electrons. The summed E-state index contributed by atoms with van der Waals surface area (Å²) in [5, 5.41) is 0.0442. The van der Waals surface area contributed by atoms with Crippen molar-refractivity contribution in [2.75, 3.05) is 40.4 Å². The minimum Gasteiger partial charge on any atom is -0.493 e. The lowest BCUT2D eigenvalue weighted by molar-refractivity contribution is 0.181. The molecule has 0 amide bonds. The van der Waals surface area contributed by atoms with Crippen LogP contribution < -0.4 is 9.47 Å². The van der Waals surface area contributed by atoms with E-state index in [0.717, 1.165) is 5.56 Å². The van der Waals surface area contributed by atoms with Gasteiger partial charge in [-0.3, -0.25) is 4.90 Å². The van der Waals surface area contributed by atoms with Crippen LogP contribution in [-0.2, 0) is 23.6 Å². The summed E-state index contributed by atoms with van der Waals surface area (Å²) in [4.78, 5) is 6.15. The standard InChI is InChI=1S/C17H23ClN4O4S/c1-20-12-19-17(16(20)18)27(23,24)22-8-6-21(7-9-22)11-13-4-5-14(25-2)15(10-13)26-3/h4-5,10,12H,6-9,11H2,1-3H3. The molecule has 1 aromatic carbocycles. The molecule has 0 atom stereocenters. The number of rotatable bonds is 6. The second-order valence-electron chi connectivity index (χ2n) is 6.32. The molecular weight excluding hydrogens is 392 g/mol. The van der Waals surface area contributed by atoms with Gasteiger partial charge in [0.25, 0.3) is 10.0 Å². The Hall–Kier alpha value is -1.81. The average molecular weight is 415 g/mol. The number of aromatic nitrogens is 2. The van der Waals surface area contributed by atoms with Crippen LogP contribution in [0.4, 0.5) is 0 Å². The maximum Gasteiger partial charge on any atom is 0.263 e. The molecule has 0 unspecified atom stereocenters. The van der Waals surface area contributed by atoms with Gasteiger partial charge in [0.15, 0.2) is 11.5 Å². The lowest BCUT2D eigenvalue weighted by atomic mass is 10.1. The zero-order chi connectivity index (χ0) is 19.6. The van der Waals surface area contributed by atoms with E-state index < -0.39 is 10.0 Å². The van der Waals surface area contributed by atoms with Crippen molar-refractivity contribution in [1.29, 1.82) is 0 Å². The number of ether oxygens (including phenoxy) is 2. The first-order chi connectivity index (χ1) is 12.9. The molecule has 2 aromatic rings. The Morgan fingerprint density at radius 2 is 1.78 bits per heavy atom. The van der Waals surface area contributed by atoms with Crippen LogP contribution in [0.3, 0.4) is 0 Å². The molecule has 0 saturated carbocycles. The first kappa shape index (κ1) is 19.9. The number of aryl methyl sites for hydroxylation is 1. The summed E-state index contributed by atoms with van der Waals surface area (Å²) >= 11 is 6.06. The van der Waals surface area contributed by atoms with Crippen molar-refractivity contribution < 1.29 is 17.9 Å². The Labute approximate surface area is 164 Å². The molecule has 2 heterocycles. The van der Waals surface area contributed by atoms with E-state index in [9.17, 15) is 8.42 Å². The lowest BCUT2D eigenvalue weighted by Gasteiger charge is -2.33. The largest absolute Gasteiger partial charge is 0.493 e. The first-order valence-corrected chi connectivity index (χ1v) is 10.3. The van der Waals surface area contributed by atoms with Gasteiger partial charge in [-0.15, -0.1) is 0 Å². The van der Waals surface area contributed by atoms with Crippen molar-refractivity contribution >= 4 is 21.6 Å². The fourth-order valence-corrected chi connectivity index (χ4v) is 4.87. The molecule has 1 saturated heterocycles. The van der Waals surface area contributed by atoms with E-state index in [4.69, 9.17) is 21.1 Å². The molecule has 0 radical (unpaired) electrons. The highest BCUT2D eigenvalue weighted by Gasteiger charge is 2.32. The van der Waals surface area contributed by atoms with Crippen LogP contribution in [0.5, 0.6) is 11.5 Å². The summed E-state index contributed by atoms with van der Waals surface area (Å²) in [5.74, 6) is 1.37. The predicted octanol–water partition coefficient (Wildman–Crippen LogP) is 1.60. The number of hydrogen-bond donors (Lipinski definition) is 0. The number of nitrogens with zero attached hydrogens (tertiary/aromatic N) is 4. The second-order valence-corrected chi connectivity index (χ2v) is 8.53. The summed E-state index contributed by atoms with van der Waals surface area (Å²) in [5.41, 5.74) is 1.08. The van der Waals surface area contributed by atoms with E-state index in [1.165, 1.54) is 15.2 Å². The molecule has 1 aliphatic heterocycles. The number of sulfonamides is 1. The Kier molecular flexibility index (Phi) is 5.95. The third-order valence-corrected chi connectivity index (χ3v) is 6.99. The van der Waals surface area contributed by atoms with Crippen LogP contribution in [-0.4, -0.2) is 67.6 Å². The van der Waals surface area contributed by atoms with Gasteiger partial charge in [-0.25, -0.2) is 13.4 Å². The van der Waals surface area contributed by atoms with Crippen LogP contribution in [0.15, 0.2) is 29.6 Å². The van der Waals surface area contributed by atoms with Gasteiger partial charge in [0.1, 0.15) is 5.15 Å². The van der Waals surface area contributed by atoms with Crippen LogP contribution in [0, 0.1) is 0 Å². The minimum absolute atomic E-state index is 0.0833. The number of benzene rings is 1. The number of piperazine rings is 1. The van der Waals surface area contributed by atoms with E-state index >= 15 is 0 Å². The highest BCUT2D eigenvalue weighted by Crippen LogP contribution is 2.28. The smallest absolute Gasteiger partial charge is 0.263 e. The minimum atomic E-state index is -3.68. The van der Waals surface area contributed by atoms with Crippen LogP contribution in [0.25, 0.3) is 0 Å². The number of halogens is 1. The van der Waals surface area contributed by atoms with Gasteiger partial charge in [0.2, 0.25) is 5.03 Å². The van der Waals surface area contributed by atoms with Crippen molar-refractivity contribution in [3.8, 4) is 11.5 Å². The molecule has 8 nitrogen and oxygen atoms in total. The Morgan fingerprint density at radius 1 is 1.11 bits per heavy atom. The van der Waals surface area contributed by atoms with Crippen LogP contribution >= 0.6 is 11.6 Å². The highest BCUT2D eigenvalue weighted by molar-refractivity contribution is 7.89. The van der Waals surface area contributed by atoms with Gasteiger partial charge in [0, 0.05) is 39.8 Å². The van der Waals surface area contributed by atoms with Crippen molar-refractivity contribution in [3.05, 3.63) is 35.2 Å². The van der Waals surface area contributed by atoms with E-state index in [1.807, 2.05) is 18.2 Å². The molecule has 0 N–H and O–H groups in total. The monoisotopic (exact) mass is 414 g/mol. The molecule has 10 heteroatoms. The molecule has 0 aliphatic carbocycles. The summed E-state index contributed by atoms with van der Waals surface area (Å²) < 4.78 is 39.0. The summed E-state index contributed by atoms with van der Waals surface area (Å²) in [7, 11) is 1.19. The molecule has 1 aliphatic rings. The quantitative estimate of drug-likeness (QED) is 0.714. The van der Waals surface area contributed by atoms with Crippen molar-refractivity contribution in [1.82, 2.24) is 18.8 Å². The topological polar surface area (TPSA) is 76.9 Å². The van der Waals surface area contributed by atoms with Gasteiger partial charge < -0.3 is 14.0 Å². The zero-order valence-corrected chi connectivity index (χ0v) is 17.1. The normalized spacial score (nSPS) is 16.4.